The molecule has 0 aliphatic rings. The van der Waals surface area contributed by atoms with Crippen LogP contribution in [-0.4, -0.2) is 0 Å². The Hall–Kier alpha value is -3.90. The normalized spacial score (nSPS) is 9.53. The monoisotopic (exact) mass is 819 g/mol. The molecule has 0 bridgehead atoms. The highest BCUT2D eigenvalue weighted by molar-refractivity contribution is 5.36. The van der Waals surface area contributed by atoms with Crippen molar-refractivity contribution in [2.24, 2.45) is 17.3 Å². The predicted octanol–water partition coefficient (Wildman–Crippen LogP) is 19.5. The van der Waals surface area contributed by atoms with Crippen molar-refractivity contribution in [2.75, 3.05) is 0 Å². The molecule has 5 aromatic carbocycles. The third kappa shape index (κ3) is 43.7. The molecule has 0 nitrogen and oxygen atoms in total. The fraction of sp³-hybridized carbons (Fsp3) is 0.500. The lowest BCUT2D eigenvalue weighted by Crippen LogP contribution is -1.93. The van der Waals surface area contributed by atoms with E-state index < -0.39 is 0 Å². The molecule has 0 heteroatoms. The van der Waals surface area contributed by atoms with E-state index in [4.69, 9.17) is 0 Å². The van der Waals surface area contributed by atoms with E-state index >= 15 is 0 Å². The van der Waals surface area contributed by atoms with Gasteiger partial charge in [-0.25, -0.2) is 0 Å². The van der Waals surface area contributed by atoms with Crippen LogP contribution in [0, 0.1) is 114 Å². The highest BCUT2D eigenvalue weighted by atomic mass is 14.0. The topological polar surface area (TPSA) is 0 Å². The van der Waals surface area contributed by atoms with Gasteiger partial charge < -0.3 is 0 Å². The van der Waals surface area contributed by atoms with Crippen LogP contribution in [0.4, 0.5) is 0 Å². The van der Waals surface area contributed by atoms with E-state index in [9.17, 15) is 0 Å². The molecule has 5 aromatic rings. The second-order valence-electron chi connectivity index (χ2n) is 19.1. The van der Waals surface area contributed by atoms with Crippen molar-refractivity contribution < 1.29 is 0 Å². The first kappa shape index (κ1) is 62.7. The zero-order valence-electron chi connectivity index (χ0n) is 44.6. The van der Waals surface area contributed by atoms with Crippen molar-refractivity contribution in [3.63, 3.8) is 0 Å². The summed E-state index contributed by atoms with van der Waals surface area (Å²) in [5, 5.41) is 0. The maximum atomic E-state index is 2.22. The summed E-state index contributed by atoms with van der Waals surface area (Å²) in [6.45, 7) is 55.7. The Balaban J connectivity index is -0.000000302. The lowest BCUT2D eigenvalue weighted by Gasteiger charge is -2.05. The molecule has 0 fully saturated rings. The standard InChI is InChI=1S/C10H14.2C9H12.2C8H10.2C5H12.C4H10.C2H6/c1-7-5-8(2)10(4)9(3)6-7;1-7-4-8(2)6-9(3)5-7;1-7-4-5-8(2)9(3)6-7;1-7-3-5-8(2)6-4-7;1-7-4-3-5-8(2)6-7;1-5(2,3)4;1-4-5(2)3;1-4(2)3;1-2/h5-6H,1-4H3;2*4-6H,1-3H3;2*3-6H,1-2H3;1-4H3;5H,4H2,1-3H3;4H,1-3H3;1-2H3. The van der Waals surface area contributed by atoms with Crippen molar-refractivity contribution in [3.8, 4) is 0 Å². The van der Waals surface area contributed by atoms with Crippen LogP contribution in [0.3, 0.4) is 0 Å². The summed E-state index contributed by atoms with van der Waals surface area (Å²) < 4.78 is 0. The fourth-order valence-corrected chi connectivity index (χ4v) is 4.79. The van der Waals surface area contributed by atoms with Gasteiger partial charge in [-0.3, -0.25) is 0 Å². The van der Waals surface area contributed by atoms with Crippen LogP contribution in [0.1, 0.15) is 167 Å². The number of hydrogen-bond acceptors (Lipinski definition) is 0. The third-order valence-corrected chi connectivity index (χ3v) is 8.31. The molecular formula is C60H98. The highest BCUT2D eigenvalue weighted by Crippen LogP contribution is 2.14. The van der Waals surface area contributed by atoms with Gasteiger partial charge in [0.15, 0.2) is 0 Å². The van der Waals surface area contributed by atoms with Gasteiger partial charge in [-0.05, 0) is 142 Å². The Kier molecular flexibility index (Phi) is 37.5. The molecule has 0 unspecified atom stereocenters. The van der Waals surface area contributed by atoms with Crippen molar-refractivity contribution in [3.05, 3.63) is 175 Å². The first-order chi connectivity index (χ1) is 27.6. The lowest BCUT2D eigenvalue weighted by molar-refractivity contribution is 0.469. The van der Waals surface area contributed by atoms with Crippen molar-refractivity contribution >= 4 is 0 Å². The van der Waals surface area contributed by atoms with E-state index in [2.05, 4.69) is 263 Å². The summed E-state index contributed by atoms with van der Waals surface area (Å²) in [5.41, 5.74) is 19.6. The van der Waals surface area contributed by atoms with Crippen LogP contribution in [0.2, 0.25) is 0 Å². The van der Waals surface area contributed by atoms with Gasteiger partial charge in [-0.2, -0.15) is 0 Å². The van der Waals surface area contributed by atoms with Gasteiger partial charge in [0.1, 0.15) is 0 Å². The molecule has 0 aromatic heterocycles. The minimum absolute atomic E-state index is 0.500. The van der Waals surface area contributed by atoms with Crippen LogP contribution in [-0.2, 0) is 0 Å². The smallest absolute Gasteiger partial charge is 0.0392 e. The summed E-state index contributed by atoms with van der Waals surface area (Å²) >= 11 is 0. The van der Waals surface area contributed by atoms with E-state index in [0.29, 0.717) is 5.41 Å². The van der Waals surface area contributed by atoms with Crippen LogP contribution in [0.15, 0.2) is 97.1 Å². The highest BCUT2D eigenvalue weighted by Gasteiger charge is 1.97. The van der Waals surface area contributed by atoms with Gasteiger partial charge >= 0.3 is 0 Å². The Morgan fingerprint density at radius 2 is 0.583 bits per heavy atom. The number of rotatable bonds is 1. The van der Waals surface area contributed by atoms with Crippen molar-refractivity contribution in [2.45, 2.75) is 186 Å². The van der Waals surface area contributed by atoms with E-state index in [1.165, 1.54) is 84.3 Å². The summed E-state index contributed by atoms with van der Waals surface area (Å²) in [7, 11) is 0. The largest absolute Gasteiger partial charge is 0.0683 e. The van der Waals surface area contributed by atoms with Gasteiger partial charge in [0, 0.05) is 0 Å². The lowest BCUT2D eigenvalue weighted by atomic mass is 10.0. The molecule has 0 spiro atoms. The molecule has 0 radical (unpaired) electrons. The summed E-state index contributed by atoms with van der Waals surface area (Å²) in [6.07, 6.45) is 1.31. The van der Waals surface area contributed by atoms with E-state index in [1.807, 2.05) is 13.8 Å². The molecule has 0 heterocycles. The average Bonchev–Trinajstić information content (AvgIpc) is 3.11. The van der Waals surface area contributed by atoms with Gasteiger partial charge in [-0.1, -0.05) is 237 Å². The Morgan fingerprint density at radius 3 is 0.817 bits per heavy atom. The zero-order chi connectivity index (χ0) is 47.8. The average molecular weight is 819 g/mol. The Labute approximate surface area is 377 Å². The molecular weight excluding hydrogens is 721 g/mol. The Bertz CT molecular complexity index is 1650. The van der Waals surface area contributed by atoms with Gasteiger partial charge in [-0.15, -0.1) is 0 Å². The Morgan fingerprint density at radius 1 is 0.350 bits per heavy atom. The predicted molar refractivity (Wildman–Crippen MR) is 281 cm³/mol. The molecule has 0 N–H and O–H groups in total. The maximum Gasteiger partial charge on any atom is -0.0392 e. The molecule has 0 atom stereocenters. The molecule has 0 saturated carbocycles. The van der Waals surface area contributed by atoms with Gasteiger partial charge in [0.25, 0.3) is 0 Å². The minimum Gasteiger partial charge on any atom is -0.0683 e. The summed E-state index contributed by atoms with van der Waals surface area (Å²) in [4.78, 5) is 0. The molecule has 0 aliphatic heterocycles. The van der Waals surface area contributed by atoms with Crippen LogP contribution in [0.25, 0.3) is 0 Å². The van der Waals surface area contributed by atoms with Gasteiger partial charge in [0.05, 0.1) is 0 Å². The molecule has 5 rings (SSSR count). The molecule has 60 heavy (non-hydrogen) atoms. The van der Waals surface area contributed by atoms with Crippen LogP contribution >= 0.6 is 0 Å². The van der Waals surface area contributed by atoms with Gasteiger partial charge in [0.2, 0.25) is 0 Å². The summed E-state index contributed by atoms with van der Waals surface area (Å²) in [6, 6.07) is 34.4. The van der Waals surface area contributed by atoms with Crippen LogP contribution in [0.5, 0.6) is 0 Å². The van der Waals surface area contributed by atoms with E-state index in [-0.39, 0.29) is 0 Å². The SMILES string of the molecule is CC.CC(C)(C)C.CC(C)C.CCC(C)C.Cc1cc(C)c(C)c(C)c1.Cc1cc(C)cc(C)c1.Cc1ccc(C)c(C)c1.Cc1ccc(C)cc1.Cc1cccc(C)c1. The number of benzene rings is 5. The quantitative estimate of drug-likeness (QED) is 0.158. The molecule has 0 amide bonds. The van der Waals surface area contributed by atoms with Crippen molar-refractivity contribution in [1.82, 2.24) is 0 Å². The third-order valence-electron chi connectivity index (χ3n) is 8.31. The molecule has 0 saturated heterocycles. The maximum absolute atomic E-state index is 2.22. The molecule has 338 valence electrons. The van der Waals surface area contributed by atoms with E-state index in [0.717, 1.165) is 11.8 Å². The molecule has 0 aliphatic carbocycles. The first-order valence-corrected chi connectivity index (χ1v) is 22.8. The van der Waals surface area contributed by atoms with Crippen molar-refractivity contribution in [1.29, 1.82) is 0 Å². The van der Waals surface area contributed by atoms with Crippen LogP contribution < -0.4 is 0 Å². The number of aryl methyl sites for hydroxylation is 13. The van der Waals surface area contributed by atoms with E-state index in [1.54, 1.807) is 0 Å². The fourth-order valence-electron chi connectivity index (χ4n) is 4.79. The first-order valence-electron chi connectivity index (χ1n) is 22.8. The second-order valence-corrected chi connectivity index (χ2v) is 19.1. The second kappa shape index (κ2) is 35.8. The number of hydrogen-bond donors (Lipinski definition) is 0. The summed E-state index contributed by atoms with van der Waals surface area (Å²) in [5.74, 6) is 1.72. The zero-order valence-corrected chi connectivity index (χ0v) is 44.6. The minimum atomic E-state index is 0.500.